The van der Waals surface area contributed by atoms with E-state index in [1.165, 1.54) is 0 Å². The smallest absolute Gasteiger partial charge is 0.253 e. The van der Waals surface area contributed by atoms with Crippen LogP contribution in [0.15, 0.2) is 72.8 Å². The van der Waals surface area contributed by atoms with Gasteiger partial charge in [-0.25, -0.2) is 0 Å². The third kappa shape index (κ3) is 6.12. The van der Waals surface area contributed by atoms with E-state index in [0.717, 1.165) is 17.0 Å². The van der Waals surface area contributed by atoms with Gasteiger partial charge in [0.05, 0.1) is 14.2 Å². The maximum absolute atomic E-state index is 12.9. The van der Waals surface area contributed by atoms with E-state index in [9.17, 15) is 9.59 Å². The summed E-state index contributed by atoms with van der Waals surface area (Å²) in [5.74, 6) is 1.60. The van der Waals surface area contributed by atoms with Gasteiger partial charge in [-0.15, -0.1) is 0 Å². The third-order valence-electron chi connectivity index (χ3n) is 6.15. The van der Waals surface area contributed by atoms with E-state index < -0.39 is 0 Å². The Kier molecular flexibility index (Phi) is 7.88. The number of anilines is 1. The molecule has 0 aliphatic carbocycles. The molecule has 0 radical (unpaired) electrons. The molecular formula is C28H30N2O5. The molecule has 1 N–H and O–H groups in total. The number of benzene rings is 3. The van der Waals surface area contributed by atoms with Crippen LogP contribution in [0.1, 0.15) is 28.8 Å². The number of carbonyl (C=O) groups excluding carboxylic acids is 2. The summed E-state index contributed by atoms with van der Waals surface area (Å²) in [5.41, 5.74) is 2.37. The number of nitrogens with one attached hydrogen (secondary N) is 1. The van der Waals surface area contributed by atoms with Gasteiger partial charge < -0.3 is 24.4 Å². The molecule has 0 aromatic heterocycles. The van der Waals surface area contributed by atoms with Crippen LogP contribution in [0.2, 0.25) is 0 Å². The highest BCUT2D eigenvalue weighted by molar-refractivity contribution is 5.96. The van der Waals surface area contributed by atoms with Crippen LogP contribution in [0.3, 0.4) is 0 Å². The molecular weight excluding hydrogens is 444 g/mol. The molecule has 1 aliphatic rings. The zero-order chi connectivity index (χ0) is 24.6. The molecule has 0 bridgehead atoms. The van der Waals surface area contributed by atoms with Crippen molar-refractivity contribution < 1.29 is 23.8 Å². The Labute approximate surface area is 205 Å². The Morgan fingerprint density at radius 1 is 0.886 bits per heavy atom. The van der Waals surface area contributed by atoms with Crippen molar-refractivity contribution in [1.29, 1.82) is 0 Å². The van der Waals surface area contributed by atoms with E-state index in [0.29, 0.717) is 49.6 Å². The summed E-state index contributed by atoms with van der Waals surface area (Å²) in [6.45, 7) is 1.54. The molecule has 7 nitrogen and oxygen atoms in total. The van der Waals surface area contributed by atoms with Crippen LogP contribution in [0.4, 0.5) is 5.69 Å². The van der Waals surface area contributed by atoms with Crippen molar-refractivity contribution in [3.05, 3.63) is 83.9 Å². The normalized spacial score (nSPS) is 13.7. The summed E-state index contributed by atoms with van der Waals surface area (Å²) in [6, 6.07) is 22.5. The molecule has 0 spiro atoms. The Morgan fingerprint density at radius 2 is 1.57 bits per heavy atom. The first-order valence-corrected chi connectivity index (χ1v) is 11.7. The SMILES string of the molecule is COc1ccc(C(=O)N2CCC(C(=O)Nc3ccc(OCc4ccccc4)cc3)CC2)cc1OC. The maximum atomic E-state index is 12.9. The quantitative estimate of drug-likeness (QED) is 0.509. The second-order valence-electron chi connectivity index (χ2n) is 8.42. The van der Waals surface area contributed by atoms with Crippen LogP contribution >= 0.6 is 0 Å². The van der Waals surface area contributed by atoms with Gasteiger partial charge in [0, 0.05) is 30.3 Å². The number of ether oxygens (including phenoxy) is 3. The Balaban J connectivity index is 1.26. The Bertz CT molecular complexity index is 1140. The van der Waals surface area contributed by atoms with E-state index in [2.05, 4.69) is 5.32 Å². The first kappa shape index (κ1) is 24.1. The lowest BCUT2D eigenvalue weighted by atomic mass is 9.95. The van der Waals surface area contributed by atoms with Crippen molar-refractivity contribution in [2.75, 3.05) is 32.6 Å². The zero-order valence-electron chi connectivity index (χ0n) is 20.0. The number of piperidine rings is 1. The standard InChI is InChI=1S/C28H30N2O5/c1-33-25-13-8-22(18-26(25)34-2)28(32)30-16-14-21(15-17-30)27(31)29-23-9-11-24(12-10-23)35-19-20-6-4-3-5-7-20/h3-13,18,21H,14-17,19H2,1-2H3,(H,29,31). The highest BCUT2D eigenvalue weighted by atomic mass is 16.5. The van der Waals surface area contributed by atoms with Gasteiger partial charge in [0.1, 0.15) is 12.4 Å². The fraction of sp³-hybridized carbons (Fsp3) is 0.286. The van der Waals surface area contributed by atoms with Crippen LogP contribution < -0.4 is 19.5 Å². The van der Waals surface area contributed by atoms with Gasteiger partial charge in [-0.3, -0.25) is 9.59 Å². The van der Waals surface area contributed by atoms with E-state index >= 15 is 0 Å². The third-order valence-corrected chi connectivity index (χ3v) is 6.15. The summed E-state index contributed by atoms with van der Waals surface area (Å²) in [7, 11) is 3.10. The minimum absolute atomic E-state index is 0.0267. The fourth-order valence-electron chi connectivity index (χ4n) is 4.12. The molecule has 0 saturated carbocycles. The minimum Gasteiger partial charge on any atom is -0.493 e. The van der Waals surface area contributed by atoms with Crippen molar-refractivity contribution in [3.63, 3.8) is 0 Å². The fourth-order valence-corrected chi connectivity index (χ4v) is 4.12. The largest absolute Gasteiger partial charge is 0.493 e. The highest BCUT2D eigenvalue weighted by Crippen LogP contribution is 2.29. The Morgan fingerprint density at radius 3 is 2.23 bits per heavy atom. The number of hydrogen-bond donors (Lipinski definition) is 1. The van der Waals surface area contributed by atoms with Crippen molar-refractivity contribution in [3.8, 4) is 17.2 Å². The summed E-state index contributed by atoms with van der Waals surface area (Å²) in [4.78, 5) is 27.5. The van der Waals surface area contributed by atoms with Crippen molar-refractivity contribution in [1.82, 2.24) is 4.90 Å². The van der Waals surface area contributed by atoms with Gasteiger partial charge in [0.15, 0.2) is 11.5 Å². The molecule has 3 aromatic carbocycles. The van der Waals surface area contributed by atoms with Crippen molar-refractivity contribution in [2.24, 2.45) is 5.92 Å². The molecule has 35 heavy (non-hydrogen) atoms. The summed E-state index contributed by atoms with van der Waals surface area (Å²) in [5, 5.41) is 2.99. The van der Waals surface area contributed by atoms with Crippen LogP contribution in [0.25, 0.3) is 0 Å². The summed E-state index contributed by atoms with van der Waals surface area (Å²) < 4.78 is 16.3. The average Bonchev–Trinajstić information content (AvgIpc) is 2.92. The molecule has 1 aliphatic heterocycles. The number of carbonyl (C=O) groups is 2. The number of rotatable bonds is 8. The lowest BCUT2D eigenvalue weighted by Crippen LogP contribution is -2.41. The van der Waals surface area contributed by atoms with Crippen LogP contribution in [-0.2, 0) is 11.4 Å². The molecule has 1 fully saturated rings. The number of hydrogen-bond acceptors (Lipinski definition) is 5. The van der Waals surface area contributed by atoms with Gasteiger partial charge in [0.25, 0.3) is 5.91 Å². The van der Waals surface area contributed by atoms with Gasteiger partial charge in [-0.2, -0.15) is 0 Å². The molecule has 0 unspecified atom stereocenters. The van der Waals surface area contributed by atoms with Gasteiger partial charge >= 0.3 is 0 Å². The minimum atomic E-state index is -0.140. The van der Waals surface area contributed by atoms with Gasteiger partial charge in [0.2, 0.25) is 5.91 Å². The molecule has 2 amide bonds. The summed E-state index contributed by atoms with van der Waals surface area (Å²) >= 11 is 0. The lowest BCUT2D eigenvalue weighted by Gasteiger charge is -2.31. The molecule has 1 saturated heterocycles. The first-order valence-electron chi connectivity index (χ1n) is 11.7. The monoisotopic (exact) mass is 474 g/mol. The van der Waals surface area contributed by atoms with E-state index in [1.807, 2.05) is 54.6 Å². The van der Waals surface area contributed by atoms with Crippen molar-refractivity contribution in [2.45, 2.75) is 19.4 Å². The Hall–Kier alpha value is -4.00. The first-order chi connectivity index (χ1) is 17.1. The van der Waals surface area contributed by atoms with Gasteiger partial charge in [-0.05, 0) is 60.9 Å². The molecule has 4 rings (SSSR count). The van der Waals surface area contributed by atoms with Crippen LogP contribution in [-0.4, -0.2) is 44.0 Å². The number of methoxy groups -OCH3 is 2. The maximum Gasteiger partial charge on any atom is 0.253 e. The average molecular weight is 475 g/mol. The molecule has 0 atom stereocenters. The summed E-state index contributed by atoms with van der Waals surface area (Å²) in [6.07, 6.45) is 1.23. The zero-order valence-corrected chi connectivity index (χ0v) is 20.0. The van der Waals surface area contributed by atoms with E-state index in [-0.39, 0.29) is 17.7 Å². The van der Waals surface area contributed by atoms with E-state index in [4.69, 9.17) is 14.2 Å². The van der Waals surface area contributed by atoms with Gasteiger partial charge in [-0.1, -0.05) is 30.3 Å². The van der Waals surface area contributed by atoms with E-state index in [1.54, 1.807) is 37.3 Å². The number of nitrogens with zero attached hydrogens (tertiary/aromatic N) is 1. The lowest BCUT2D eigenvalue weighted by molar-refractivity contribution is -0.121. The second kappa shape index (κ2) is 11.4. The molecule has 1 heterocycles. The second-order valence-corrected chi connectivity index (χ2v) is 8.42. The van der Waals surface area contributed by atoms with Crippen molar-refractivity contribution >= 4 is 17.5 Å². The number of likely N-dealkylation sites (tertiary alicyclic amines) is 1. The molecule has 3 aromatic rings. The predicted octanol–water partition coefficient (Wildman–Crippen LogP) is 4.77. The molecule has 7 heteroatoms. The predicted molar refractivity (Wildman–Crippen MR) is 134 cm³/mol. The van der Waals surface area contributed by atoms with Crippen LogP contribution in [0.5, 0.6) is 17.2 Å². The highest BCUT2D eigenvalue weighted by Gasteiger charge is 2.28. The number of amides is 2. The topological polar surface area (TPSA) is 77.1 Å². The molecule has 182 valence electrons. The van der Waals surface area contributed by atoms with Crippen LogP contribution in [0, 0.1) is 5.92 Å².